The minimum absolute atomic E-state index is 0.129. The molecule has 0 atom stereocenters. The van der Waals surface area contributed by atoms with Crippen molar-refractivity contribution in [3.8, 4) is 11.4 Å². The lowest BCUT2D eigenvalue weighted by molar-refractivity contribution is -0.383. The highest BCUT2D eigenvalue weighted by molar-refractivity contribution is 5.68. The maximum Gasteiger partial charge on any atom is 0.292 e. The van der Waals surface area contributed by atoms with Gasteiger partial charge in [-0.2, -0.15) is 0 Å². The minimum Gasteiger partial charge on any atom is -0.393 e. The monoisotopic (exact) mass is 216 g/mol. The second kappa shape index (κ2) is 3.93. The molecule has 1 aromatic heterocycles. The summed E-state index contributed by atoms with van der Waals surface area (Å²) >= 11 is 0. The molecule has 0 aliphatic rings. The van der Waals surface area contributed by atoms with E-state index in [0.717, 1.165) is 0 Å². The first-order valence-electron chi connectivity index (χ1n) is 4.50. The summed E-state index contributed by atoms with van der Waals surface area (Å²) in [4.78, 5) is 18.2. The predicted octanol–water partition coefficient (Wildman–Crippen LogP) is 1.63. The number of nitrogen functional groups attached to an aromatic ring is 1. The van der Waals surface area contributed by atoms with Gasteiger partial charge in [-0.1, -0.05) is 0 Å². The standard InChI is InChI=1S/C10H8N4O2/c11-8-3-2-7(6-9(8)14(15)16)10-12-4-1-5-13-10/h1-6H,11H2. The van der Waals surface area contributed by atoms with Crippen LogP contribution in [0.2, 0.25) is 0 Å². The van der Waals surface area contributed by atoms with Crippen LogP contribution in [0.5, 0.6) is 0 Å². The highest BCUT2D eigenvalue weighted by atomic mass is 16.6. The summed E-state index contributed by atoms with van der Waals surface area (Å²) in [6.07, 6.45) is 3.15. The Balaban J connectivity index is 2.52. The second-order valence-corrected chi connectivity index (χ2v) is 3.10. The Labute approximate surface area is 90.9 Å². The van der Waals surface area contributed by atoms with Crippen LogP contribution >= 0.6 is 0 Å². The molecule has 0 amide bonds. The van der Waals surface area contributed by atoms with E-state index in [4.69, 9.17) is 5.73 Å². The Morgan fingerprint density at radius 3 is 2.56 bits per heavy atom. The van der Waals surface area contributed by atoms with E-state index in [0.29, 0.717) is 11.4 Å². The highest BCUT2D eigenvalue weighted by Crippen LogP contribution is 2.26. The van der Waals surface area contributed by atoms with Crippen molar-refractivity contribution >= 4 is 11.4 Å². The van der Waals surface area contributed by atoms with E-state index >= 15 is 0 Å². The fourth-order valence-corrected chi connectivity index (χ4v) is 1.29. The Bertz CT molecular complexity index is 528. The number of nitrogens with zero attached hydrogens (tertiary/aromatic N) is 3. The molecule has 2 aromatic rings. The lowest BCUT2D eigenvalue weighted by Crippen LogP contribution is -1.96. The minimum atomic E-state index is -0.526. The third kappa shape index (κ3) is 1.81. The molecule has 16 heavy (non-hydrogen) atoms. The molecule has 80 valence electrons. The molecule has 0 aliphatic carbocycles. The smallest absolute Gasteiger partial charge is 0.292 e. The van der Waals surface area contributed by atoms with Gasteiger partial charge in [0.1, 0.15) is 5.69 Å². The van der Waals surface area contributed by atoms with Gasteiger partial charge in [-0.15, -0.1) is 0 Å². The molecule has 1 aromatic carbocycles. The van der Waals surface area contributed by atoms with E-state index in [1.807, 2.05) is 0 Å². The Morgan fingerprint density at radius 1 is 1.25 bits per heavy atom. The lowest BCUT2D eigenvalue weighted by atomic mass is 10.1. The molecule has 6 nitrogen and oxygen atoms in total. The number of nitro benzene ring substituents is 1. The molecule has 6 heteroatoms. The van der Waals surface area contributed by atoms with E-state index in [9.17, 15) is 10.1 Å². The molecule has 0 spiro atoms. The van der Waals surface area contributed by atoms with Crippen LogP contribution < -0.4 is 5.73 Å². The fourth-order valence-electron chi connectivity index (χ4n) is 1.29. The normalized spacial score (nSPS) is 10.0. The van der Waals surface area contributed by atoms with Gasteiger partial charge in [0.15, 0.2) is 5.82 Å². The van der Waals surface area contributed by atoms with Crippen LogP contribution in [0.1, 0.15) is 0 Å². The fraction of sp³-hybridized carbons (Fsp3) is 0. The highest BCUT2D eigenvalue weighted by Gasteiger charge is 2.13. The van der Waals surface area contributed by atoms with Crippen LogP contribution in [0.4, 0.5) is 11.4 Å². The maximum atomic E-state index is 10.7. The number of anilines is 1. The largest absolute Gasteiger partial charge is 0.393 e. The number of rotatable bonds is 2. The van der Waals surface area contributed by atoms with E-state index < -0.39 is 4.92 Å². The van der Waals surface area contributed by atoms with Gasteiger partial charge in [-0.3, -0.25) is 10.1 Å². The van der Waals surface area contributed by atoms with Crippen molar-refractivity contribution in [3.63, 3.8) is 0 Å². The number of hydrogen-bond donors (Lipinski definition) is 1. The van der Waals surface area contributed by atoms with Crippen molar-refractivity contribution in [2.24, 2.45) is 0 Å². The summed E-state index contributed by atoms with van der Waals surface area (Å²) in [5, 5.41) is 10.7. The average molecular weight is 216 g/mol. The van der Waals surface area contributed by atoms with Crippen LogP contribution in [0, 0.1) is 10.1 Å². The lowest BCUT2D eigenvalue weighted by Gasteiger charge is -2.01. The van der Waals surface area contributed by atoms with Gasteiger partial charge in [-0.05, 0) is 18.2 Å². The van der Waals surface area contributed by atoms with Crippen LogP contribution in [0.15, 0.2) is 36.7 Å². The summed E-state index contributed by atoms with van der Waals surface area (Å²) < 4.78 is 0. The van der Waals surface area contributed by atoms with E-state index in [2.05, 4.69) is 9.97 Å². The van der Waals surface area contributed by atoms with Crippen molar-refractivity contribution in [1.29, 1.82) is 0 Å². The first-order valence-corrected chi connectivity index (χ1v) is 4.50. The third-order valence-electron chi connectivity index (χ3n) is 2.05. The van der Waals surface area contributed by atoms with Crippen LogP contribution in [-0.4, -0.2) is 14.9 Å². The predicted molar refractivity (Wildman–Crippen MR) is 58.5 cm³/mol. The van der Waals surface area contributed by atoms with Gasteiger partial charge in [0, 0.05) is 24.0 Å². The molecule has 1 heterocycles. The molecular weight excluding hydrogens is 208 g/mol. The summed E-state index contributed by atoms with van der Waals surface area (Å²) in [5.41, 5.74) is 6.05. The van der Waals surface area contributed by atoms with Crippen LogP contribution in [0.25, 0.3) is 11.4 Å². The van der Waals surface area contributed by atoms with Gasteiger partial charge < -0.3 is 5.73 Å². The summed E-state index contributed by atoms with van der Waals surface area (Å²) in [7, 11) is 0. The van der Waals surface area contributed by atoms with Gasteiger partial charge >= 0.3 is 0 Å². The maximum absolute atomic E-state index is 10.7. The Hall–Kier alpha value is -2.50. The number of aromatic nitrogens is 2. The second-order valence-electron chi connectivity index (χ2n) is 3.10. The molecular formula is C10H8N4O2. The average Bonchev–Trinajstić information content (AvgIpc) is 2.30. The first kappa shape index (κ1) is 10.0. The molecule has 0 aliphatic heterocycles. The van der Waals surface area contributed by atoms with Crippen molar-refractivity contribution in [1.82, 2.24) is 9.97 Å². The van der Waals surface area contributed by atoms with Gasteiger partial charge in [0.25, 0.3) is 5.69 Å². The molecule has 0 fully saturated rings. The topological polar surface area (TPSA) is 94.9 Å². The van der Waals surface area contributed by atoms with Crippen molar-refractivity contribution in [2.75, 3.05) is 5.73 Å². The van der Waals surface area contributed by atoms with Crippen LogP contribution in [-0.2, 0) is 0 Å². The Morgan fingerprint density at radius 2 is 1.94 bits per heavy atom. The molecule has 2 N–H and O–H groups in total. The van der Waals surface area contributed by atoms with Gasteiger partial charge in [-0.25, -0.2) is 9.97 Å². The third-order valence-corrected chi connectivity index (χ3v) is 2.05. The first-order chi connectivity index (χ1) is 7.68. The Kier molecular flexibility index (Phi) is 2.47. The number of hydrogen-bond acceptors (Lipinski definition) is 5. The van der Waals surface area contributed by atoms with Gasteiger partial charge in [0.2, 0.25) is 0 Å². The number of benzene rings is 1. The molecule has 0 unspecified atom stereocenters. The van der Waals surface area contributed by atoms with E-state index in [1.54, 1.807) is 24.5 Å². The number of nitrogens with two attached hydrogens (primary N) is 1. The zero-order valence-electron chi connectivity index (χ0n) is 8.20. The zero-order chi connectivity index (χ0) is 11.5. The summed E-state index contributed by atoms with van der Waals surface area (Å²) in [5.74, 6) is 0.436. The zero-order valence-corrected chi connectivity index (χ0v) is 8.20. The van der Waals surface area contributed by atoms with Crippen LogP contribution in [0.3, 0.4) is 0 Å². The summed E-state index contributed by atoms with van der Waals surface area (Å²) in [6, 6.07) is 6.17. The molecule has 0 bridgehead atoms. The molecule has 0 saturated carbocycles. The van der Waals surface area contributed by atoms with Crippen molar-refractivity contribution in [2.45, 2.75) is 0 Å². The quantitative estimate of drug-likeness (QED) is 0.467. The summed E-state index contributed by atoms with van der Waals surface area (Å²) in [6.45, 7) is 0. The molecule has 0 saturated heterocycles. The van der Waals surface area contributed by atoms with E-state index in [1.165, 1.54) is 12.1 Å². The SMILES string of the molecule is Nc1ccc(-c2ncccn2)cc1[N+](=O)[O-]. The van der Waals surface area contributed by atoms with Crippen molar-refractivity contribution < 1.29 is 4.92 Å². The van der Waals surface area contributed by atoms with Crippen molar-refractivity contribution in [3.05, 3.63) is 46.8 Å². The van der Waals surface area contributed by atoms with Gasteiger partial charge in [0.05, 0.1) is 4.92 Å². The van der Waals surface area contributed by atoms with E-state index in [-0.39, 0.29) is 11.4 Å². The molecule has 2 rings (SSSR count). The number of nitro groups is 1. The molecule has 0 radical (unpaired) electrons.